The lowest BCUT2D eigenvalue weighted by Crippen LogP contribution is -2.22. The van der Waals surface area contributed by atoms with E-state index in [1.165, 1.54) is 6.08 Å². The normalized spacial score (nSPS) is 11.6. The molecule has 4 heteroatoms. The quantitative estimate of drug-likeness (QED) is 0.438. The van der Waals surface area contributed by atoms with Gasteiger partial charge in [-0.15, -0.1) is 0 Å². The van der Waals surface area contributed by atoms with Crippen LogP contribution < -0.4 is 4.74 Å². The molecule has 0 aromatic heterocycles. The van der Waals surface area contributed by atoms with Crippen LogP contribution >= 0.6 is 0 Å². The molecule has 0 heterocycles. The van der Waals surface area contributed by atoms with Gasteiger partial charge in [0.2, 0.25) is 0 Å². The molecule has 0 aliphatic carbocycles. The molecule has 0 N–H and O–H groups in total. The first-order valence-corrected chi connectivity index (χ1v) is 7.12. The van der Waals surface area contributed by atoms with Gasteiger partial charge in [-0.2, -0.15) is 0 Å². The Morgan fingerprint density at radius 1 is 1.14 bits per heavy atom. The van der Waals surface area contributed by atoms with E-state index in [0.717, 1.165) is 11.3 Å². The summed E-state index contributed by atoms with van der Waals surface area (Å²) in [5.41, 5.74) is 0.694. The summed E-state index contributed by atoms with van der Waals surface area (Å²) < 4.78 is 15.8. The van der Waals surface area contributed by atoms with Crippen LogP contribution in [-0.2, 0) is 14.3 Å². The number of ether oxygens (including phenoxy) is 3. The van der Waals surface area contributed by atoms with E-state index in [-0.39, 0.29) is 18.2 Å². The summed E-state index contributed by atoms with van der Waals surface area (Å²) in [5, 5.41) is 0. The monoisotopic (exact) mass is 292 g/mol. The maximum Gasteiger partial charge on any atom is 0.330 e. The van der Waals surface area contributed by atoms with Gasteiger partial charge in [-0.3, -0.25) is 0 Å². The van der Waals surface area contributed by atoms with Gasteiger partial charge in [0.05, 0.1) is 6.61 Å². The molecular formula is C17H24O4. The molecule has 0 aliphatic rings. The number of rotatable bonds is 7. The summed E-state index contributed by atoms with van der Waals surface area (Å²) in [6.07, 6.45) is 3.12. The Labute approximate surface area is 126 Å². The molecule has 1 rings (SSSR count). The Bertz CT molecular complexity index is 455. The summed E-state index contributed by atoms with van der Waals surface area (Å²) >= 11 is 0. The second kappa shape index (κ2) is 8.47. The zero-order valence-electron chi connectivity index (χ0n) is 13.2. The highest BCUT2D eigenvalue weighted by atomic mass is 16.6. The van der Waals surface area contributed by atoms with Gasteiger partial charge in [0, 0.05) is 12.7 Å². The van der Waals surface area contributed by atoms with Crippen LogP contribution in [0.25, 0.3) is 6.08 Å². The largest absolute Gasteiger partial charge is 0.488 e. The first-order valence-electron chi connectivity index (χ1n) is 7.12. The molecule has 21 heavy (non-hydrogen) atoms. The van der Waals surface area contributed by atoms with E-state index in [1.807, 2.05) is 52.0 Å². The number of carbonyl (C=O) groups is 1. The van der Waals surface area contributed by atoms with Crippen molar-refractivity contribution in [3.8, 4) is 5.75 Å². The van der Waals surface area contributed by atoms with E-state index in [2.05, 4.69) is 0 Å². The standard InChI is InChI=1S/C17H24O4/c1-5-19-12-13-20-16(18)11-8-14-6-9-15(10-7-14)21-17(2,3)4/h6-11H,5,12-13H2,1-4H3/b11-8+. The predicted octanol–water partition coefficient (Wildman–Crippen LogP) is 3.46. The number of hydrogen-bond acceptors (Lipinski definition) is 4. The van der Waals surface area contributed by atoms with Gasteiger partial charge in [-0.05, 0) is 51.5 Å². The lowest BCUT2D eigenvalue weighted by Gasteiger charge is -2.21. The van der Waals surface area contributed by atoms with Crippen LogP contribution in [0, 0.1) is 0 Å². The average molecular weight is 292 g/mol. The van der Waals surface area contributed by atoms with Gasteiger partial charge in [0.25, 0.3) is 0 Å². The van der Waals surface area contributed by atoms with Crippen molar-refractivity contribution in [2.24, 2.45) is 0 Å². The van der Waals surface area contributed by atoms with Gasteiger partial charge in [-0.1, -0.05) is 12.1 Å². The predicted molar refractivity (Wildman–Crippen MR) is 83.3 cm³/mol. The van der Waals surface area contributed by atoms with Crippen molar-refractivity contribution in [2.75, 3.05) is 19.8 Å². The van der Waals surface area contributed by atoms with Gasteiger partial charge in [0.1, 0.15) is 18.0 Å². The smallest absolute Gasteiger partial charge is 0.330 e. The second-order valence-electron chi connectivity index (χ2n) is 5.48. The Hall–Kier alpha value is -1.81. The SMILES string of the molecule is CCOCCOC(=O)/C=C/c1ccc(OC(C)(C)C)cc1. The minimum absolute atomic E-state index is 0.221. The molecule has 0 saturated heterocycles. The summed E-state index contributed by atoms with van der Waals surface area (Å²) in [7, 11) is 0. The average Bonchev–Trinajstić information content (AvgIpc) is 2.41. The maximum absolute atomic E-state index is 11.4. The molecule has 0 bridgehead atoms. The summed E-state index contributed by atoms with van der Waals surface area (Å²) in [4.78, 5) is 11.4. The topological polar surface area (TPSA) is 44.8 Å². The van der Waals surface area contributed by atoms with E-state index in [0.29, 0.717) is 13.2 Å². The zero-order chi connectivity index (χ0) is 15.7. The van der Waals surface area contributed by atoms with Crippen molar-refractivity contribution in [1.82, 2.24) is 0 Å². The van der Waals surface area contributed by atoms with Crippen molar-refractivity contribution in [1.29, 1.82) is 0 Å². The molecular weight excluding hydrogens is 268 g/mol. The molecule has 0 unspecified atom stereocenters. The van der Waals surface area contributed by atoms with E-state index >= 15 is 0 Å². The fourth-order valence-electron chi connectivity index (χ4n) is 1.56. The van der Waals surface area contributed by atoms with Gasteiger partial charge >= 0.3 is 5.97 Å². The van der Waals surface area contributed by atoms with Crippen LogP contribution in [-0.4, -0.2) is 31.4 Å². The third-order valence-electron chi connectivity index (χ3n) is 2.39. The van der Waals surface area contributed by atoms with Crippen molar-refractivity contribution in [3.05, 3.63) is 35.9 Å². The highest BCUT2D eigenvalue weighted by molar-refractivity contribution is 5.87. The van der Waals surface area contributed by atoms with E-state index in [1.54, 1.807) is 6.08 Å². The highest BCUT2D eigenvalue weighted by Gasteiger charge is 2.10. The molecule has 0 saturated carbocycles. The fourth-order valence-corrected chi connectivity index (χ4v) is 1.56. The number of hydrogen-bond donors (Lipinski definition) is 0. The Balaban J connectivity index is 2.44. The van der Waals surface area contributed by atoms with Crippen molar-refractivity contribution in [3.63, 3.8) is 0 Å². The molecule has 0 atom stereocenters. The van der Waals surface area contributed by atoms with E-state index < -0.39 is 0 Å². The third-order valence-corrected chi connectivity index (χ3v) is 2.39. The third kappa shape index (κ3) is 8.15. The molecule has 0 spiro atoms. The van der Waals surface area contributed by atoms with E-state index in [4.69, 9.17) is 14.2 Å². The lowest BCUT2D eigenvalue weighted by molar-refractivity contribution is -0.139. The van der Waals surface area contributed by atoms with E-state index in [9.17, 15) is 4.79 Å². The number of esters is 1. The van der Waals surface area contributed by atoms with Crippen LogP contribution in [0.3, 0.4) is 0 Å². The molecule has 4 nitrogen and oxygen atoms in total. The van der Waals surface area contributed by atoms with Crippen molar-refractivity contribution < 1.29 is 19.0 Å². The van der Waals surface area contributed by atoms with Crippen LogP contribution in [0.15, 0.2) is 30.3 Å². The highest BCUT2D eigenvalue weighted by Crippen LogP contribution is 2.18. The number of carbonyl (C=O) groups excluding carboxylic acids is 1. The second-order valence-corrected chi connectivity index (χ2v) is 5.48. The van der Waals surface area contributed by atoms with Crippen LogP contribution in [0.5, 0.6) is 5.75 Å². The van der Waals surface area contributed by atoms with Crippen molar-refractivity contribution in [2.45, 2.75) is 33.3 Å². The molecule has 0 fully saturated rings. The minimum atomic E-state index is -0.371. The Morgan fingerprint density at radius 3 is 2.38 bits per heavy atom. The Morgan fingerprint density at radius 2 is 1.81 bits per heavy atom. The zero-order valence-corrected chi connectivity index (χ0v) is 13.2. The maximum atomic E-state index is 11.4. The van der Waals surface area contributed by atoms with Crippen LogP contribution in [0.4, 0.5) is 0 Å². The lowest BCUT2D eigenvalue weighted by atomic mass is 10.1. The summed E-state index contributed by atoms with van der Waals surface area (Å²) in [5.74, 6) is 0.434. The molecule has 0 aliphatic heterocycles. The van der Waals surface area contributed by atoms with Gasteiger partial charge in [0.15, 0.2) is 0 Å². The number of benzene rings is 1. The van der Waals surface area contributed by atoms with Gasteiger partial charge in [-0.25, -0.2) is 4.79 Å². The van der Waals surface area contributed by atoms with Gasteiger partial charge < -0.3 is 14.2 Å². The summed E-state index contributed by atoms with van der Waals surface area (Å²) in [6, 6.07) is 7.55. The molecule has 1 aromatic carbocycles. The summed E-state index contributed by atoms with van der Waals surface area (Å²) in [6.45, 7) is 9.21. The van der Waals surface area contributed by atoms with Crippen LogP contribution in [0.1, 0.15) is 33.3 Å². The molecule has 0 radical (unpaired) electrons. The van der Waals surface area contributed by atoms with Crippen molar-refractivity contribution >= 4 is 12.0 Å². The molecule has 1 aromatic rings. The first-order chi connectivity index (χ1) is 9.90. The first kappa shape index (κ1) is 17.2. The fraction of sp³-hybridized carbons (Fsp3) is 0.471. The minimum Gasteiger partial charge on any atom is -0.488 e. The molecule has 0 amide bonds. The van der Waals surface area contributed by atoms with Crippen LogP contribution in [0.2, 0.25) is 0 Å². The Kier molecular flexibility index (Phi) is 6.96. The molecule has 116 valence electrons.